The molecule has 0 heterocycles. The Balaban J connectivity index is 2.18. The van der Waals surface area contributed by atoms with Crippen molar-refractivity contribution in [2.75, 3.05) is 11.1 Å². The number of hydrogen-bond acceptors (Lipinski definition) is 3. The lowest BCUT2D eigenvalue weighted by Crippen LogP contribution is -2.14. The standard InChI is InChI=1S/C14H15N3O/c15-11-6-7-12(14(16)18)13(8-11)17-9-10-4-2-1-3-5-10/h1-8,17H,9,15H2,(H2,16,18). The van der Waals surface area contributed by atoms with E-state index in [1.54, 1.807) is 18.2 Å². The maximum absolute atomic E-state index is 11.3. The van der Waals surface area contributed by atoms with Crippen molar-refractivity contribution < 1.29 is 4.79 Å². The van der Waals surface area contributed by atoms with E-state index in [2.05, 4.69) is 5.32 Å². The molecule has 2 aromatic carbocycles. The molecule has 0 saturated carbocycles. The minimum atomic E-state index is -0.467. The van der Waals surface area contributed by atoms with Crippen LogP contribution in [0.15, 0.2) is 48.5 Å². The van der Waals surface area contributed by atoms with Gasteiger partial charge in [-0.3, -0.25) is 4.79 Å². The van der Waals surface area contributed by atoms with Gasteiger partial charge in [0.05, 0.1) is 5.56 Å². The zero-order valence-electron chi connectivity index (χ0n) is 9.89. The minimum absolute atomic E-state index is 0.445. The average Bonchev–Trinajstić information content (AvgIpc) is 2.37. The zero-order valence-corrected chi connectivity index (χ0v) is 9.89. The fraction of sp³-hybridized carbons (Fsp3) is 0.0714. The Morgan fingerprint density at radius 2 is 1.83 bits per heavy atom. The van der Waals surface area contributed by atoms with Crippen molar-refractivity contribution in [2.45, 2.75) is 6.54 Å². The second-order valence-corrected chi connectivity index (χ2v) is 4.01. The molecular formula is C14H15N3O. The highest BCUT2D eigenvalue weighted by Gasteiger charge is 2.07. The molecule has 0 aliphatic rings. The summed E-state index contributed by atoms with van der Waals surface area (Å²) in [5.74, 6) is -0.467. The number of nitrogens with two attached hydrogens (primary N) is 2. The topological polar surface area (TPSA) is 81.1 Å². The van der Waals surface area contributed by atoms with Gasteiger partial charge in [-0.1, -0.05) is 30.3 Å². The predicted molar refractivity (Wildman–Crippen MR) is 73.1 cm³/mol. The monoisotopic (exact) mass is 241 g/mol. The maximum atomic E-state index is 11.3. The average molecular weight is 241 g/mol. The number of rotatable bonds is 4. The summed E-state index contributed by atoms with van der Waals surface area (Å²) < 4.78 is 0. The molecule has 5 N–H and O–H groups in total. The molecule has 4 heteroatoms. The quantitative estimate of drug-likeness (QED) is 0.716. The Morgan fingerprint density at radius 1 is 1.11 bits per heavy atom. The molecule has 0 unspecified atom stereocenters. The number of carbonyl (C=O) groups excluding carboxylic acids is 1. The molecule has 0 bridgehead atoms. The van der Waals surface area contributed by atoms with Gasteiger partial charge >= 0.3 is 0 Å². The van der Waals surface area contributed by atoms with Gasteiger partial charge in [0.15, 0.2) is 0 Å². The van der Waals surface area contributed by atoms with Gasteiger partial charge in [-0.2, -0.15) is 0 Å². The molecule has 0 aliphatic carbocycles. The lowest BCUT2D eigenvalue weighted by atomic mass is 10.1. The molecule has 0 aliphatic heterocycles. The highest BCUT2D eigenvalue weighted by atomic mass is 16.1. The highest BCUT2D eigenvalue weighted by molar-refractivity contribution is 5.99. The van der Waals surface area contributed by atoms with Crippen LogP contribution in [0.4, 0.5) is 11.4 Å². The van der Waals surface area contributed by atoms with Crippen molar-refractivity contribution >= 4 is 17.3 Å². The minimum Gasteiger partial charge on any atom is -0.399 e. The van der Waals surface area contributed by atoms with E-state index in [0.29, 0.717) is 23.5 Å². The molecule has 92 valence electrons. The van der Waals surface area contributed by atoms with Crippen LogP contribution in [0.25, 0.3) is 0 Å². The first-order valence-corrected chi connectivity index (χ1v) is 5.64. The number of carbonyl (C=O) groups is 1. The first-order valence-electron chi connectivity index (χ1n) is 5.64. The molecule has 0 spiro atoms. The molecule has 4 nitrogen and oxygen atoms in total. The molecule has 1 amide bonds. The van der Waals surface area contributed by atoms with E-state index >= 15 is 0 Å². The Kier molecular flexibility index (Phi) is 3.48. The Morgan fingerprint density at radius 3 is 2.50 bits per heavy atom. The van der Waals surface area contributed by atoms with E-state index in [4.69, 9.17) is 11.5 Å². The summed E-state index contributed by atoms with van der Waals surface area (Å²) in [6.07, 6.45) is 0. The first kappa shape index (κ1) is 12.0. The van der Waals surface area contributed by atoms with Gasteiger partial charge in [0.2, 0.25) is 0 Å². The second-order valence-electron chi connectivity index (χ2n) is 4.01. The van der Waals surface area contributed by atoms with Gasteiger partial charge < -0.3 is 16.8 Å². The highest BCUT2D eigenvalue weighted by Crippen LogP contribution is 2.19. The number of amides is 1. The molecular weight excluding hydrogens is 226 g/mol. The summed E-state index contributed by atoms with van der Waals surface area (Å²) in [6, 6.07) is 14.9. The second kappa shape index (κ2) is 5.23. The van der Waals surface area contributed by atoms with Gasteiger partial charge in [-0.25, -0.2) is 0 Å². The number of nitrogens with one attached hydrogen (secondary N) is 1. The third-order valence-corrected chi connectivity index (χ3v) is 2.63. The summed E-state index contributed by atoms with van der Waals surface area (Å²) in [4.78, 5) is 11.3. The molecule has 2 aromatic rings. The molecule has 0 aromatic heterocycles. The summed E-state index contributed by atoms with van der Waals surface area (Å²) in [6.45, 7) is 0.616. The molecule has 0 fully saturated rings. The number of anilines is 2. The Bertz CT molecular complexity index is 552. The zero-order chi connectivity index (χ0) is 13.0. The van der Waals surface area contributed by atoms with Crippen molar-refractivity contribution in [3.63, 3.8) is 0 Å². The lowest BCUT2D eigenvalue weighted by molar-refractivity contribution is 0.100. The van der Waals surface area contributed by atoms with Crippen LogP contribution in [0.3, 0.4) is 0 Å². The molecule has 0 radical (unpaired) electrons. The van der Waals surface area contributed by atoms with E-state index in [1.165, 1.54) is 0 Å². The summed E-state index contributed by atoms with van der Waals surface area (Å²) in [7, 11) is 0. The van der Waals surface area contributed by atoms with Crippen LogP contribution in [-0.4, -0.2) is 5.91 Å². The fourth-order valence-corrected chi connectivity index (χ4v) is 1.72. The van der Waals surface area contributed by atoms with E-state index in [0.717, 1.165) is 5.56 Å². The Labute approximate surface area is 106 Å². The van der Waals surface area contributed by atoms with Crippen LogP contribution < -0.4 is 16.8 Å². The SMILES string of the molecule is NC(=O)c1ccc(N)cc1NCc1ccccc1. The number of primary amides is 1. The molecule has 2 rings (SSSR count). The number of nitrogen functional groups attached to an aromatic ring is 1. The third kappa shape index (κ3) is 2.79. The van der Waals surface area contributed by atoms with Gasteiger partial charge in [0.25, 0.3) is 5.91 Å². The van der Waals surface area contributed by atoms with Crippen LogP contribution in [0.5, 0.6) is 0 Å². The number of benzene rings is 2. The van der Waals surface area contributed by atoms with E-state index in [9.17, 15) is 4.79 Å². The molecule has 18 heavy (non-hydrogen) atoms. The lowest BCUT2D eigenvalue weighted by Gasteiger charge is -2.11. The maximum Gasteiger partial charge on any atom is 0.250 e. The van der Waals surface area contributed by atoms with E-state index < -0.39 is 5.91 Å². The first-order chi connectivity index (χ1) is 8.66. The van der Waals surface area contributed by atoms with Crippen LogP contribution in [-0.2, 0) is 6.54 Å². The van der Waals surface area contributed by atoms with Crippen molar-refractivity contribution in [3.05, 3.63) is 59.7 Å². The van der Waals surface area contributed by atoms with Gasteiger partial charge in [-0.05, 0) is 23.8 Å². The van der Waals surface area contributed by atoms with Crippen LogP contribution in [0, 0.1) is 0 Å². The normalized spacial score (nSPS) is 10.0. The fourth-order valence-electron chi connectivity index (χ4n) is 1.72. The third-order valence-electron chi connectivity index (χ3n) is 2.63. The van der Waals surface area contributed by atoms with Crippen LogP contribution in [0.2, 0.25) is 0 Å². The largest absolute Gasteiger partial charge is 0.399 e. The van der Waals surface area contributed by atoms with Crippen LogP contribution >= 0.6 is 0 Å². The Hall–Kier alpha value is -2.49. The summed E-state index contributed by atoms with van der Waals surface area (Å²) in [5.41, 5.74) is 13.8. The van der Waals surface area contributed by atoms with Crippen molar-refractivity contribution in [1.29, 1.82) is 0 Å². The van der Waals surface area contributed by atoms with Crippen molar-refractivity contribution in [2.24, 2.45) is 5.73 Å². The molecule has 0 atom stereocenters. The smallest absolute Gasteiger partial charge is 0.250 e. The van der Waals surface area contributed by atoms with E-state index in [1.807, 2.05) is 30.3 Å². The predicted octanol–water partition coefficient (Wildman–Crippen LogP) is 1.98. The van der Waals surface area contributed by atoms with Gasteiger partial charge in [0.1, 0.15) is 0 Å². The van der Waals surface area contributed by atoms with Crippen molar-refractivity contribution in [3.8, 4) is 0 Å². The molecule has 0 saturated heterocycles. The number of hydrogen-bond donors (Lipinski definition) is 3. The van der Waals surface area contributed by atoms with Crippen molar-refractivity contribution in [1.82, 2.24) is 0 Å². The van der Waals surface area contributed by atoms with E-state index in [-0.39, 0.29) is 0 Å². The summed E-state index contributed by atoms with van der Waals surface area (Å²) >= 11 is 0. The van der Waals surface area contributed by atoms with Crippen LogP contribution in [0.1, 0.15) is 15.9 Å². The van der Waals surface area contributed by atoms with Gasteiger partial charge in [0, 0.05) is 17.9 Å². The van der Waals surface area contributed by atoms with Gasteiger partial charge in [-0.15, -0.1) is 0 Å². The summed E-state index contributed by atoms with van der Waals surface area (Å²) in [5, 5.41) is 3.17.